The number of carboxylic acids is 1. The largest absolute Gasteiger partial charge is 0.491 e. The molecule has 154 valence electrons. The summed E-state index contributed by atoms with van der Waals surface area (Å²) in [6.07, 6.45) is 2.80. The summed E-state index contributed by atoms with van der Waals surface area (Å²) in [7, 11) is 0. The number of hydrogen-bond donors (Lipinski definition) is 1. The van der Waals surface area contributed by atoms with E-state index in [9.17, 15) is 9.59 Å². The number of nitrogens with zero attached hydrogens (tertiary/aromatic N) is 4. The summed E-state index contributed by atoms with van der Waals surface area (Å²) in [5.74, 6) is -0.490. The molecule has 0 aliphatic heterocycles. The maximum atomic E-state index is 12.7. The fourth-order valence-electron chi connectivity index (χ4n) is 2.98. The van der Waals surface area contributed by atoms with Crippen LogP contribution in [0.25, 0.3) is 22.0 Å². The highest BCUT2D eigenvalue weighted by molar-refractivity contribution is 7.12. The molecule has 0 aliphatic rings. The van der Waals surface area contributed by atoms with Gasteiger partial charge >= 0.3 is 5.97 Å². The van der Waals surface area contributed by atoms with Crippen molar-refractivity contribution in [1.82, 2.24) is 14.5 Å². The Hall–Kier alpha value is -3.74. The lowest BCUT2D eigenvalue weighted by molar-refractivity contribution is 0.0702. The summed E-state index contributed by atoms with van der Waals surface area (Å²) in [6.45, 7) is 0.381. The molecule has 0 bridgehead atoms. The highest BCUT2D eigenvalue weighted by Crippen LogP contribution is 2.35. The lowest BCUT2D eigenvalue weighted by Gasteiger charge is -2.12. The second-order valence-corrected chi connectivity index (χ2v) is 7.78. The fourth-order valence-corrected chi connectivity index (χ4v) is 3.90. The van der Waals surface area contributed by atoms with Crippen LogP contribution in [0.3, 0.4) is 0 Å². The first-order chi connectivity index (χ1) is 15.0. The van der Waals surface area contributed by atoms with E-state index in [4.69, 9.17) is 26.7 Å². The number of hydrogen-bond acceptors (Lipinski definition) is 7. The van der Waals surface area contributed by atoms with Crippen molar-refractivity contribution in [1.29, 1.82) is 5.26 Å². The zero-order chi connectivity index (χ0) is 22.0. The van der Waals surface area contributed by atoms with Crippen LogP contribution in [0.2, 0.25) is 5.02 Å². The highest BCUT2D eigenvalue weighted by atomic mass is 35.5. The molecular formula is C21H13ClN4O4S. The second-order valence-electron chi connectivity index (χ2n) is 6.44. The number of fused-ring (bicyclic) bond motifs is 1. The Morgan fingerprint density at radius 1 is 1.29 bits per heavy atom. The number of carboxylic acid groups (broad SMARTS) is 1. The molecule has 8 nitrogen and oxygen atoms in total. The van der Waals surface area contributed by atoms with Crippen molar-refractivity contribution in [3.05, 3.63) is 74.2 Å². The Kier molecular flexibility index (Phi) is 5.66. The third-order valence-corrected chi connectivity index (χ3v) is 5.63. The van der Waals surface area contributed by atoms with Gasteiger partial charge in [-0.2, -0.15) is 5.26 Å². The van der Waals surface area contributed by atoms with Crippen molar-refractivity contribution in [2.45, 2.75) is 6.54 Å². The van der Waals surface area contributed by atoms with E-state index < -0.39 is 5.97 Å². The lowest BCUT2D eigenvalue weighted by Crippen LogP contribution is -2.23. The van der Waals surface area contributed by atoms with Gasteiger partial charge in [-0.05, 0) is 41.3 Å². The predicted molar refractivity (Wildman–Crippen MR) is 116 cm³/mol. The number of thiophene rings is 1. The molecule has 4 aromatic rings. The Balaban J connectivity index is 1.56. The van der Waals surface area contributed by atoms with E-state index in [0.29, 0.717) is 32.8 Å². The minimum Gasteiger partial charge on any atom is -0.491 e. The van der Waals surface area contributed by atoms with E-state index in [1.54, 1.807) is 29.6 Å². The normalized spacial score (nSPS) is 10.7. The van der Waals surface area contributed by atoms with Gasteiger partial charge in [0.05, 0.1) is 30.0 Å². The number of nitriles is 1. The van der Waals surface area contributed by atoms with Gasteiger partial charge in [0.15, 0.2) is 0 Å². The number of halogens is 1. The molecule has 0 aliphatic carbocycles. The van der Waals surface area contributed by atoms with Gasteiger partial charge in [-0.1, -0.05) is 11.6 Å². The maximum Gasteiger partial charge on any atom is 0.345 e. The van der Waals surface area contributed by atoms with E-state index in [1.807, 2.05) is 6.07 Å². The molecule has 0 amide bonds. The molecule has 0 saturated heterocycles. The average molecular weight is 453 g/mol. The highest BCUT2D eigenvalue weighted by Gasteiger charge is 2.13. The number of carbonyl (C=O) groups is 1. The van der Waals surface area contributed by atoms with Gasteiger partial charge in [0.2, 0.25) is 0 Å². The molecule has 31 heavy (non-hydrogen) atoms. The number of aromatic nitrogens is 3. The van der Waals surface area contributed by atoms with Crippen molar-refractivity contribution in [2.24, 2.45) is 0 Å². The summed E-state index contributed by atoms with van der Waals surface area (Å²) in [5.41, 5.74) is 1.59. The summed E-state index contributed by atoms with van der Waals surface area (Å²) in [4.78, 5) is 32.2. The molecule has 1 aromatic carbocycles. The first-order valence-corrected chi connectivity index (χ1v) is 10.2. The second kappa shape index (κ2) is 8.55. The van der Waals surface area contributed by atoms with Crippen LogP contribution in [0, 0.1) is 11.3 Å². The molecule has 4 rings (SSSR count). The first kappa shape index (κ1) is 20.5. The van der Waals surface area contributed by atoms with Crippen molar-refractivity contribution < 1.29 is 14.6 Å². The third-order valence-electron chi connectivity index (χ3n) is 4.48. The SMILES string of the molecule is N#Cc1cc2c(=O)n(CCOc3ccc(Cl)cc3-c3csc(C(=O)O)c3)cnc2cn1. The number of rotatable bonds is 6. The molecular weight excluding hydrogens is 440 g/mol. The summed E-state index contributed by atoms with van der Waals surface area (Å²) < 4.78 is 7.27. The minimum atomic E-state index is -1.00. The zero-order valence-electron chi connectivity index (χ0n) is 15.8. The van der Waals surface area contributed by atoms with Crippen LogP contribution in [-0.4, -0.2) is 32.2 Å². The maximum absolute atomic E-state index is 12.7. The van der Waals surface area contributed by atoms with Gasteiger partial charge in [-0.25, -0.2) is 14.8 Å². The van der Waals surface area contributed by atoms with E-state index in [-0.39, 0.29) is 29.3 Å². The molecule has 0 saturated carbocycles. The first-order valence-electron chi connectivity index (χ1n) is 8.96. The van der Waals surface area contributed by atoms with Crippen molar-refractivity contribution in [3.8, 4) is 22.9 Å². The Morgan fingerprint density at radius 2 is 2.13 bits per heavy atom. The third kappa shape index (κ3) is 4.26. The van der Waals surface area contributed by atoms with Crippen LogP contribution in [0.5, 0.6) is 5.75 Å². The lowest BCUT2D eigenvalue weighted by atomic mass is 10.1. The number of ether oxygens (including phenoxy) is 1. The molecule has 0 unspecified atom stereocenters. The van der Waals surface area contributed by atoms with Gasteiger partial charge in [0, 0.05) is 10.6 Å². The van der Waals surface area contributed by atoms with Crippen LogP contribution < -0.4 is 10.3 Å². The predicted octanol–water partition coefficient (Wildman–Crippen LogP) is 3.82. The van der Waals surface area contributed by atoms with Crippen LogP contribution in [0.4, 0.5) is 0 Å². The van der Waals surface area contributed by atoms with Crippen molar-refractivity contribution in [3.63, 3.8) is 0 Å². The number of aromatic carboxylic acids is 1. The zero-order valence-corrected chi connectivity index (χ0v) is 17.4. The monoisotopic (exact) mass is 452 g/mol. The Bertz CT molecular complexity index is 1410. The van der Waals surface area contributed by atoms with Crippen LogP contribution in [-0.2, 0) is 6.54 Å². The molecule has 3 aromatic heterocycles. The van der Waals surface area contributed by atoms with Crippen molar-refractivity contribution >= 4 is 39.8 Å². The summed E-state index contributed by atoms with van der Waals surface area (Å²) >= 11 is 7.23. The van der Waals surface area contributed by atoms with E-state index in [2.05, 4.69) is 9.97 Å². The van der Waals surface area contributed by atoms with E-state index >= 15 is 0 Å². The van der Waals surface area contributed by atoms with Gasteiger partial charge in [-0.15, -0.1) is 11.3 Å². The summed E-state index contributed by atoms with van der Waals surface area (Å²) in [6, 6.07) is 9.95. The molecule has 0 atom stereocenters. The van der Waals surface area contributed by atoms with Gasteiger partial charge in [0.1, 0.15) is 29.0 Å². The number of benzene rings is 1. The molecule has 1 N–H and O–H groups in total. The van der Waals surface area contributed by atoms with Crippen LogP contribution in [0.1, 0.15) is 15.4 Å². The van der Waals surface area contributed by atoms with Gasteiger partial charge < -0.3 is 9.84 Å². The fraction of sp³-hybridized carbons (Fsp3) is 0.0952. The summed E-state index contributed by atoms with van der Waals surface area (Å²) in [5, 5.41) is 20.7. The Morgan fingerprint density at radius 3 is 2.87 bits per heavy atom. The molecule has 0 spiro atoms. The standard InChI is InChI=1S/C21H13ClN4O4S/c22-13-1-2-18(15(6-13)12-5-19(21(28)29)31-10-12)30-4-3-26-11-25-17-9-24-14(8-23)7-16(17)20(26)27/h1-2,5-7,9-11H,3-4H2,(H,28,29). The van der Waals surface area contributed by atoms with Crippen molar-refractivity contribution in [2.75, 3.05) is 6.61 Å². The van der Waals surface area contributed by atoms with Gasteiger partial charge in [-0.3, -0.25) is 9.36 Å². The topological polar surface area (TPSA) is 118 Å². The molecule has 3 heterocycles. The molecule has 10 heteroatoms. The van der Waals surface area contributed by atoms with E-state index in [1.165, 1.54) is 23.2 Å². The van der Waals surface area contributed by atoms with Crippen LogP contribution >= 0.6 is 22.9 Å². The minimum absolute atomic E-state index is 0.141. The smallest absolute Gasteiger partial charge is 0.345 e. The van der Waals surface area contributed by atoms with E-state index in [0.717, 1.165) is 11.3 Å². The average Bonchev–Trinajstić information content (AvgIpc) is 3.26. The number of pyridine rings is 1. The van der Waals surface area contributed by atoms with Crippen LogP contribution in [0.15, 0.2) is 53.0 Å². The quantitative estimate of drug-likeness (QED) is 0.472. The molecule has 0 radical (unpaired) electrons. The van der Waals surface area contributed by atoms with Gasteiger partial charge in [0.25, 0.3) is 5.56 Å². The molecule has 0 fully saturated rings. The Labute approximate surface area is 184 Å².